The largest absolute Gasteiger partial charge is 0.495 e. The number of hydrogen-bond donors (Lipinski definition) is 1. The van der Waals surface area contributed by atoms with E-state index < -0.39 is 0 Å². The molecule has 5 heteroatoms. The first-order valence-electron chi connectivity index (χ1n) is 10.7. The SMILES string of the molecule is COc1ccccc1N1CC[NH+](Cc2cc(=O)oc3cc(C)c(C(C)C)cc23)CC1. The Kier molecular flexibility index (Phi) is 5.82. The van der Waals surface area contributed by atoms with E-state index in [0.717, 1.165) is 55.1 Å². The molecule has 158 valence electrons. The van der Waals surface area contributed by atoms with Crippen LogP contribution < -0.4 is 20.2 Å². The highest BCUT2D eigenvalue weighted by Crippen LogP contribution is 2.28. The molecular weight excluding hydrogens is 376 g/mol. The molecule has 5 nitrogen and oxygen atoms in total. The van der Waals surface area contributed by atoms with Crippen molar-refractivity contribution in [1.82, 2.24) is 0 Å². The Morgan fingerprint density at radius 2 is 1.87 bits per heavy atom. The molecule has 0 amide bonds. The van der Waals surface area contributed by atoms with Crippen molar-refractivity contribution in [1.29, 1.82) is 0 Å². The average molecular weight is 408 g/mol. The number of para-hydroxylation sites is 2. The Balaban J connectivity index is 1.55. The molecule has 1 fully saturated rings. The van der Waals surface area contributed by atoms with Crippen molar-refractivity contribution in [3.05, 3.63) is 69.6 Å². The quantitative estimate of drug-likeness (QED) is 0.660. The molecule has 1 aliphatic rings. The number of nitrogens with one attached hydrogen (secondary N) is 1. The normalized spacial score (nSPS) is 15.2. The minimum absolute atomic E-state index is 0.263. The molecule has 1 saturated heterocycles. The van der Waals surface area contributed by atoms with Crippen molar-refractivity contribution >= 4 is 16.7 Å². The third kappa shape index (κ3) is 4.08. The second-order valence-corrected chi connectivity index (χ2v) is 8.54. The molecule has 2 aromatic carbocycles. The van der Waals surface area contributed by atoms with Crippen LogP contribution in [0.4, 0.5) is 5.69 Å². The zero-order valence-corrected chi connectivity index (χ0v) is 18.3. The first kappa shape index (κ1) is 20.5. The fraction of sp³-hybridized carbons (Fsp3) is 0.400. The van der Waals surface area contributed by atoms with Gasteiger partial charge in [-0.3, -0.25) is 0 Å². The zero-order chi connectivity index (χ0) is 21.3. The first-order valence-corrected chi connectivity index (χ1v) is 10.7. The van der Waals surface area contributed by atoms with E-state index in [1.807, 2.05) is 18.2 Å². The Hall–Kier alpha value is -2.79. The summed E-state index contributed by atoms with van der Waals surface area (Å²) in [6.45, 7) is 11.3. The van der Waals surface area contributed by atoms with E-state index in [2.05, 4.69) is 43.9 Å². The van der Waals surface area contributed by atoms with E-state index in [1.54, 1.807) is 13.2 Å². The number of anilines is 1. The molecule has 0 radical (unpaired) electrons. The Morgan fingerprint density at radius 1 is 1.13 bits per heavy atom. The maximum Gasteiger partial charge on any atom is 0.336 e. The number of ether oxygens (including phenoxy) is 1. The Morgan fingerprint density at radius 3 is 2.57 bits per heavy atom. The van der Waals surface area contributed by atoms with Crippen LogP contribution in [0.25, 0.3) is 11.0 Å². The second kappa shape index (κ2) is 8.52. The minimum atomic E-state index is -0.263. The summed E-state index contributed by atoms with van der Waals surface area (Å²) < 4.78 is 11.0. The van der Waals surface area contributed by atoms with Crippen molar-refractivity contribution in [2.45, 2.75) is 33.2 Å². The van der Waals surface area contributed by atoms with Crippen molar-refractivity contribution < 1.29 is 14.1 Å². The van der Waals surface area contributed by atoms with Gasteiger partial charge in [-0.05, 0) is 48.2 Å². The van der Waals surface area contributed by atoms with Crippen LogP contribution in [0.3, 0.4) is 0 Å². The van der Waals surface area contributed by atoms with E-state index in [0.29, 0.717) is 11.5 Å². The molecule has 0 aliphatic carbocycles. The molecule has 0 saturated carbocycles. The molecule has 3 aromatic rings. The predicted molar refractivity (Wildman–Crippen MR) is 121 cm³/mol. The summed E-state index contributed by atoms with van der Waals surface area (Å²) in [4.78, 5) is 16.1. The topological polar surface area (TPSA) is 47.1 Å². The van der Waals surface area contributed by atoms with Gasteiger partial charge >= 0.3 is 5.63 Å². The Bertz CT molecular complexity index is 1100. The van der Waals surface area contributed by atoms with Crippen LogP contribution in [-0.4, -0.2) is 33.3 Å². The van der Waals surface area contributed by atoms with Crippen molar-refractivity contribution in [3.63, 3.8) is 0 Å². The smallest absolute Gasteiger partial charge is 0.336 e. The molecule has 2 heterocycles. The fourth-order valence-electron chi connectivity index (χ4n) is 4.56. The molecule has 1 aromatic heterocycles. The fourth-order valence-corrected chi connectivity index (χ4v) is 4.56. The number of rotatable bonds is 5. The van der Waals surface area contributed by atoms with Gasteiger partial charge in [-0.2, -0.15) is 0 Å². The third-order valence-corrected chi connectivity index (χ3v) is 6.18. The van der Waals surface area contributed by atoms with Gasteiger partial charge in [0.15, 0.2) is 0 Å². The summed E-state index contributed by atoms with van der Waals surface area (Å²) in [5.74, 6) is 1.36. The van der Waals surface area contributed by atoms with Crippen LogP contribution >= 0.6 is 0 Å². The monoisotopic (exact) mass is 407 g/mol. The standard InChI is InChI=1S/C25H30N2O3/c1-17(2)20-15-21-19(14-25(28)30-24(21)13-18(20)3)16-26-9-11-27(12-10-26)22-7-5-6-8-23(22)29-4/h5-8,13-15,17H,9-12,16H2,1-4H3/p+1. The molecule has 1 aliphatic heterocycles. The maximum atomic E-state index is 12.2. The van der Waals surface area contributed by atoms with Gasteiger partial charge < -0.3 is 19.0 Å². The summed E-state index contributed by atoms with van der Waals surface area (Å²) in [6.07, 6.45) is 0. The molecule has 0 atom stereocenters. The zero-order valence-electron chi connectivity index (χ0n) is 18.3. The lowest BCUT2D eigenvalue weighted by molar-refractivity contribution is -0.914. The molecule has 1 N–H and O–H groups in total. The minimum Gasteiger partial charge on any atom is -0.495 e. The highest BCUT2D eigenvalue weighted by Gasteiger charge is 2.23. The summed E-state index contributed by atoms with van der Waals surface area (Å²) in [5.41, 5.74) is 5.17. The Labute approximate surface area is 177 Å². The lowest BCUT2D eigenvalue weighted by Crippen LogP contribution is -3.13. The van der Waals surface area contributed by atoms with Crippen LogP contribution in [0.5, 0.6) is 5.75 Å². The van der Waals surface area contributed by atoms with Gasteiger partial charge in [0.05, 0.1) is 39.0 Å². The summed E-state index contributed by atoms with van der Waals surface area (Å²) >= 11 is 0. The van der Waals surface area contributed by atoms with Crippen LogP contribution in [0, 0.1) is 6.92 Å². The van der Waals surface area contributed by atoms with Crippen LogP contribution in [-0.2, 0) is 6.54 Å². The van der Waals surface area contributed by atoms with Gasteiger partial charge in [0.2, 0.25) is 0 Å². The number of aryl methyl sites for hydroxylation is 1. The van der Waals surface area contributed by atoms with Gasteiger partial charge in [-0.15, -0.1) is 0 Å². The lowest BCUT2D eigenvalue weighted by Gasteiger charge is -2.34. The molecule has 0 unspecified atom stereocenters. The van der Waals surface area contributed by atoms with Gasteiger partial charge in [-0.1, -0.05) is 26.0 Å². The number of methoxy groups -OCH3 is 1. The number of fused-ring (bicyclic) bond motifs is 1. The lowest BCUT2D eigenvalue weighted by atomic mass is 9.95. The average Bonchev–Trinajstić information content (AvgIpc) is 2.73. The van der Waals surface area contributed by atoms with E-state index in [-0.39, 0.29) is 5.63 Å². The molecule has 4 rings (SSSR count). The number of piperazine rings is 1. The van der Waals surface area contributed by atoms with Gasteiger partial charge in [0.25, 0.3) is 0 Å². The van der Waals surface area contributed by atoms with Gasteiger partial charge in [0.1, 0.15) is 17.9 Å². The van der Waals surface area contributed by atoms with Gasteiger partial charge in [-0.25, -0.2) is 4.79 Å². The number of quaternary nitrogens is 1. The summed E-state index contributed by atoms with van der Waals surface area (Å²) in [5, 5.41) is 1.07. The summed E-state index contributed by atoms with van der Waals surface area (Å²) in [7, 11) is 1.72. The molecule has 30 heavy (non-hydrogen) atoms. The third-order valence-electron chi connectivity index (χ3n) is 6.18. The van der Waals surface area contributed by atoms with E-state index in [4.69, 9.17) is 9.15 Å². The predicted octanol–water partition coefficient (Wildman–Crippen LogP) is 3.14. The van der Waals surface area contributed by atoms with E-state index in [1.165, 1.54) is 16.0 Å². The molecule has 0 spiro atoms. The number of benzene rings is 2. The van der Waals surface area contributed by atoms with Gasteiger partial charge in [0, 0.05) is 17.0 Å². The summed E-state index contributed by atoms with van der Waals surface area (Å²) in [6, 6.07) is 14.1. The highest BCUT2D eigenvalue weighted by atomic mass is 16.5. The van der Waals surface area contributed by atoms with Crippen LogP contribution in [0.15, 0.2) is 51.7 Å². The van der Waals surface area contributed by atoms with E-state index in [9.17, 15) is 4.79 Å². The van der Waals surface area contributed by atoms with E-state index >= 15 is 0 Å². The number of nitrogens with zero attached hydrogens (tertiary/aromatic N) is 1. The second-order valence-electron chi connectivity index (χ2n) is 8.54. The number of hydrogen-bond acceptors (Lipinski definition) is 4. The van der Waals surface area contributed by atoms with Crippen LogP contribution in [0.1, 0.15) is 36.5 Å². The first-order chi connectivity index (χ1) is 14.5. The molecule has 0 bridgehead atoms. The van der Waals surface area contributed by atoms with Crippen molar-refractivity contribution in [3.8, 4) is 5.75 Å². The maximum absolute atomic E-state index is 12.2. The highest BCUT2D eigenvalue weighted by molar-refractivity contribution is 5.82. The van der Waals surface area contributed by atoms with Crippen molar-refractivity contribution in [2.24, 2.45) is 0 Å². The van der Waals surface area contributed by atoms with Crippen molar-refractivity contribution in [2.75, 3.05) is 38.2 Å². The molecular formula is C25H31N2O3+. The van der Waals surface area contributed by atoms with Crippen LogP contribution in [0.2, 0.25) is 0 Å².